The van der Waals surface area contributed by atoms with Gasteiger partial charge in [0.1, 0.15) is 5.02 Å². The van der Waals surface area contributed by atoms with Crippen LogP contribution in [0.5, 0.6) is 0 Å². The van der Waals surface area contributed by atoms with E-state index in [-0.39, 0.29) is 10.0 Å². The van der Waals surface area contributed by atoms with Gasteiger partial charge < -0.3 is 9.80 Å². The van der Waals surface area contributed by atoms with E-state index >= 15 is 0 Å². The molecule has 8 heteroatoms. The van der Waals surface area contributed by atoms with E-state index in [0.717, 1.165) is 25.3 Å². The Kier molecular flexibility index (Phi) is 6.13. The van der Waals surface area contributed by atoms with Crippen LogP contribution in [-0.4, -0.2) is 48.4 Å². The van der Waals surface area contributed by atoms with Crippen LogP contribution in [0.4, 0.5) is 5.69 Å². The smallest absolute Gasteiger partial charge is 0.291 e. The Bertz CT molecular complexity index is 847. The van der Waals surface area contributed by atoms with E-state index in [1.165, 1.54) is 23.7 Å². The Morgan fingerprint density at radius 1 is 1.19 bits per heavy atom. The van der Waals surface area contributed by atoms with Gasteiger partial charge in [-0.1, -0.05) is 34.8 Å². The van der Waals surface area contributed by atoms with Gasteiger partial charge in [0.15, 0.2) is 0 Å². The summed E-state index contributed by atoms with van der Waals surface area (Å²) in [6.07, 6.45) is 3.73. The molecule has 0 radical (unpaired) electrons. The molecule has 1 aromatic heterocycles. The summed E-state index contributed by atoms with van der Waals surface area (Å²) in [4.78, 5) is 16.8. The van der Waals surface area contributed by atoms with Crippen LogP contribution in [0.2, 0.25) is 15.1 Å². The molecule has 0 aliphatic carbocycles. The molecular formula is C18H21Cl3N4O. The predicted octanol–water partition coefficient (Wildman–Crippen LogP) is 3.97. The van der Waals surface area contributed by atoms with E-state index in [9.17, 15) is 4.79 Å². The molecule has 1 aliphatic rings. The monoisotopic (exact) mass is 414 g/mol. The quantitative estimate of drug-likeness (QED) is 0.757. The van der Waals surface area contributed by atoms with Crippen molar-refractivity contribution in [2.75, 3.05) is 38.6 Å². The summed E-state index contributed by atoms with van der Waals surface area (Å²) >= 11 is 18.2. The Balaban J connectivity index is 1.79. The van der Waals surface area contributed by atoms with Gasteiger partial charge in [0.05, 0.1) is 27.6 Å². The van der Waals surface area contributed by atoms with Gasteiger partial charge in [0.25, 0.3) is 5.56 Å². The number of piperidine rings is 1. The lowest BCUT2D eigenvalue weighted by molar-refractivity contribution is 0.222. The molecule has 0 amide bonds. The molecule has 0 atom stereocenters. The third-order valence-electron chi connectivity index (χ3n) is 4.83. The topological polar surface area (TPSA) is 41.4 Å². The zero-order valence-electron chi connectivity index (χ0n) is 14.8. The maximum absolute atomic E-state index is 12.2. The second-order valence-corrected chi connectivity index (χ2v) is 7.98. The molecule has 26 heavy (non-hydrogen) atoms. The first-order chi connectivity index (χ1) is 12.4. The highest BCUT2D eigenvalue weighted by atomic mass is 35.5. The summed E-state index contributed by atoms with van der Waals surface area (Å²) < 4.78 is 1.20. The average Bonchev–Trinajstić information content (AvgIpc) is 2.61. The van der Waals surface area contributed by atoms with Crippen molar-refractivity contribution in [1.29, 1.82) is 0 Å². The summed E-state index contributed by atoms with van der Waals surface area (Å²) in [7, 11) is 4.21. The van der Waals surface area contributed by atoms with E-state index < -0.39 is 5.56 Å². The molecule has 0 bridgehead atoms. The third kappa shape index (κ3) is 4.17. The van der Waals surface area contributed by atoms with Gasteiger partial charge >= 0.3 is 0 Å². The van der Waals surface area contributed by atoms with E-state index in [1.807, 2.05) is 19.2 Å². The van der Waals surface area contributed by atoms with Crippen LogP contribution < -0.4 is 10.5 Å². The van der Waals surface area contributed by atoms with Gasteiger partial charge in [-0.2, -0.15) is 9.78 Å². The Morgan fingerprint density at radius 3 is 2.54 bits per heavy atom. The minimum Gasteiger partial charge on any atom is -0.373 e. The highest BCUT2D eigenvalue weighted by molar-refractivity contribution is 6.41. The molecule has 5 nitrogen and oxygen atoms in total. The van der Waals surface area contributed by atoms with E-state index in [0.29, 0.717) is 16.6 Å². The Morgan fingerprint density at radius 2 is 1.88 bits per heavy atom. The van der Waals surface area contributed by atoms with E-state index in [2.05, 4.69) is 21.9 Å². The summed E-state index contributed by atoms with van der Waals surface area (Å²) in [6.45, 7) is 3.23. The van der Waals surface area contributed by atoms with Crippen molar-refractivity contribution in [1.82, 2.24) is 14.7 Å². The van der Waals surface area contributed by atoms with Crippen molar-refractivity contribution in [3.05, 3.63) is 49.8 Å². The fraction of sp³-hybridized carbons (Fsp3) is 0.444. The molecule has 0 saturated carbocycles. The van der Waals surface area contributed by atoms with Gasteiger partial charge in [-0.25, -0.2) is 0 Å². The third-order valence-corrected chi connectivity index (χ3v) is 5.88. The number of hydrogen-bond acceptors (Lipinski definition) is 4. The summed E-state index contributed by atoms with van der Waals surface area (Å²) in [5, 5.41) is 4.68. The fourth-order valence-electron chi connectivity index (χ4n) is 3.26. The van der Waals surface area contributed by atoms with Crippen LogP contribution in [0.3, 0.4) is 0 Å². The van der Waals surface area contributed by atoms with Gasteiger partial charge in [-0.15, -0.1) is 0 Å². The number of anilines is 1. The number of rotatable bonds is 4. The first-order valence-electron chi connectivity index (χ1n) is 8.49. The molecule has 2 aromatic rings. The predicted molar refractivity (Wildman–Crippen MR) is 108 cm³/mol. The molecule has 1 saturated heterocycles. The molecule has 1 fully saturated rings. The number of hydrogen-bond donors (Lipinski definition) is 0. The van der Waals surface area contributed by atoms with Crippen molar-refractivity contribution < 1.29 is 0 Å². The minimum absolute atomic E-state index is 0.0544. The molecular weight excluding hydrogens is 395 g/mol. The van der Waals surface area contributed by atoms with Gasteiger partial charge in [0.2, 0.25) is 0 Å². The van der Waals surface area contributed by atoms with Crippen LogP contribution in [0, 0.1) is 5.92 Å². The minimum atomic E-state index is -0.470. The van der Waals surface area contributed by atoms with Crippen molar-refractivity contribution in [2.24, 2.45) is 5.92 Å². The first kappa shape index (κ1) is 19.5. The number of aromatic nitrogens is 2. The largest absolute Gasteiger partial charge is 0.373 e. The van der Waals surface area contributed by atoms with Gasteiger partial charge in [-0.05, 0) is 57.1 Å². The maximum atomic E-state index is 12.2. The van der Waals surface area contributed by atoms with Crippen LogP contribution >= 0.6 is 34.8 Å². The summed E-state index contributed by atoms with van der Waals surface area (Å²) in [5.74, 6) is 0.659. The second-order valence-electron chi connectivity index (χ2n) is 6.79. The zero-order valence-corrected chi connectivity index (χ0v) is 17.0. The number of benzene rings is 1. The average molecular weight is 416 g/mol. The van der Waals surface area contributed by atoms with Gasteiger partial charge in [0, 0.05) is 13.6 Å². The van der Waals surface area contributed by atoms with Crippen LogP contribution in [-0.2, 0) is 0 Å². The summed E-state index contributed by atoms with van der Waals surface area (Å²) in [6, 6.07) is 5.44. The highest BCUT2D eigenvalue weighted by Gasteiger charge is 2.19. The lowest BCUT2D eigenvalue weighted by Crippen LogP contribution is -2.35. The molecule has 3 rings (SSSR count). The van der Waals surface area contributed by atoms with Crippen LogP contribution in [0.1, 0.15) is 12.8 Å². The fourth-order valence-corrected chi connectivity index (χ4v) is 3.84. The normalized spacial score (nSPS) is 16.0. The molecule has 0 spiro atoms. The molecule has 1 aromatic carbocycles. The van der Waals surface area contributed by atoms with E-state index in [1.54, 1.807) is 6.07 Å². The standard InChI is InChI=1S/C18H21Cl3N4O/c1-23-7-5-12(6-8-23)11-24(2)16-4-3-13(9-14(16)19)25-18(26)17(21)15(20)10-22-25/h3-4,9-10,12H,5-8,11H2,1-2H3. The molecule has 0 unspecified atom stereocenters. The molecule has 0 N–H and O–H groups in total. The number of nitrogens with zero attached hydrogens (tertiary/aromatic N) is 4. The molecule has 1 aliphatic heterocycles. The Hall–Kier alpha value is -1.27. The van der Waals surface area contributed by atoms with Crippen molar-refractivity contribution in [3.63, 3.8) is 0 Å². The van der Waals surface area contributed by atoms with Gasteiger partial charge in [-0.3, -0.25) is 4.79 Å². The van der Waals surface area contributed by atoms with Crippen LogP contribution in [0.25, 0.3) is 5.69 Å². The van der Waals surface area contributed by atoms with Crippen molar-refractivity contribution >= 4 is 40.5 Å². The first-order valence-corrected chi connectivity index (χ1v) is 9.63. The lowest BCUT2D eigenvalue weighted by Gasteiger charge is -2.32. The summed E-state index contributed by atoms with van der Waals surface area (Å²) in [5.41, 5.74) is 1.01. The number of halogens is 3. The number of likely N-dealkylation sites (tertiary alicyclic amines) is 1. The van der Waals surface area contributed by atoms with Crippen molar-refractivity contribution in [3.8, 4) is 5.69 Å². The second kappa shape index (κ2) is 8.17. The Labute approximate surface area is 168 Å². The van der Waals surface area contributed by atoms with E-state index in [4.69, 9.17) is 34.8 Å². The van der Waals surface area contributed by atoms with Crippen LogP contribution in [0.15, 0.2) is 29.2 Å². The lowest BCUT2D eigenvalue weighted by atomic mass is 9.96. The highest BCUT2D eigenvalue weighted by Crippen LogP contribution is 2.29. The maximum Gasteiger partial charge on any atom is 0.291 e. The molecule has 2 heterocycles. The zero-order chi connectivity index (χ0) is 18.8. The van der Waals surface area contributed by atoms with Crippen molar-refractivity contribution in [2.45, 2.75) is 12.8 Å². The molecule has 140 valence electrons. The SMILES string of the molecule is CN1CCC(CN(C)c2ccc(-n3ncc(Cl)c(Cl)c3=O)cc2Cl)CC1.